The van der Waals surface area contributed by atoms with E-state index in [2.05, 4.69) is 0 Å². The zero-order chi connectivity index (χ0) is 22.7. The fourth-order valence-corrected chi connectivity index (χ4v) is 4.89. The van der Waals surface area contributed by atoms with Gasteiger partial charge in [-0.15, -0.1) is 0 Å². The van der Waals surface area contributed by atoms with Crippen molar-refractivity contribution in [2.75, 3.05) is 20.7 Å². The van der Waals surface area contributed by atoms with Crippen LogP contribution < -0.4 is 9.47 Å². The number of methoxy groups -OCH3 is 1. The summed E-state index contributed by atoms with van der Waals surface area (Å²) in [5.41, 5.74) is 1.55. The van der Waals surface area contributed by atoms with Gasteiger partial charge in [-0.3, -0.25) is 9.59 Å². The minimum Gasteiger partial charge on any atom is -0.497 e. The van der Waals surface area contributed by atoms with Gasteiger partial charge in [-0.25, -0.2) is 0 Å². The topological polar surface area (TPSA) is 59.1 Å². The zero-order valence-electron chi connectivity index (χ0n) is 19.2. The van der Waals surface area contributed by atoms with Crippen LogP contribution in [0.3, 0.4) is 0 Å². The van der Waals surface area contributed by atoms with Gasteiger partial charge < -0.3 is 19.3 Å². The number of rotatable bonds is 4. The monoisotopic (exact) mass is 436 g/mol. The van der Waals surface area contributed by atoms with Crippen LogP contribution in [0.2, 0.25) is 0 Å². The van der Waals surface area contributed by atoms with Crippen LogP contribution in [-0.2, 0) is 22.6 Å². The normalized spacial score (nSPS) is 22.5. The minimum absolute atomic E-state index is 0.0842. The Morgan fingerprint density at radius 3 is 2.62 bits per heavy atom. The van der Waals surface area contributed by atoms with Crippen molar-refractivity contribution in [3.8, 4) is 11.5 Å². The predicted octanol–water partition coefficient (Wildman–Crippen LogP) is 3.82. The molecule has 6 heteroatoms. The van der Waals surface area contributed by atoms with Crippen molar-refractivity contribution in [1.29, 1.82) is 0 Å². The zero-order valence-corrected chi connectivity index (χ0v) is 19.2. The molecular weight excluding hydrogens is 404 g/mol. The Morgan fingerprint density at radius 2 is 1.91 bits per heavy atom. The number of benzene rings is 2. The molecular formula is C26H32N2O4. The molecule has 170 valence electrons. The van der Waals surface area contributed by atoms with Crippen LogP contribution in [0, 0.1) is 0 Å². The van der Waals surface area contributed by atoms with Crippen LogP contribution in [0.25, 0.3) is 0 Å². The molecule has 2 amide bonds. The molecule has 4 rings (SSSR count). The Kier molecular flexibility index (Phi) is 6.40. The molecule has 32 heavy (non-hydrogen) atoms. The number of carbonyl (C=O) groups excluding carboxylic acids is 2. The lowest BCUT2D eigenvalue weighted by molar-refractivity contribution is -0.135. The van der Waals surface area contributed by atoms with Crippen LogP contribution in [0.15, 0.2) is 48.5 Å². The van der Waals surface area contributed by atoms with E-state index >= 15 is 0 Å². The van der Waals surface area contributed by atoms with E-state index in [-0.39, 0.29) is 17.9 Å². The standard InChI is InChI=1S/C26H32N2O4/c1-19(29)27(2)22-11-13-26(14-12-22)18-28(17-21-8-4-5-10-24(21)32-26)25(30)16-20-7-6-9-23(15-20)31-3/h4-10,15,22H,11-14,16-18H2,1-3H3. The summed E-state index contributed by atoms with van der Waals surface area (Å²) in [5.74, 6) is 1.79. The first-order chi connectivity index (χ1) is 15.4. The van der Waals surface area contributed by atoms with Crippen molar-refractivity contribution >= 4 is 11.8 Å². The number of fused-ring (bicyclic) bond motifs is 1. The molecule has 0 unspecified atom stereocenters. The highest BCUT2D eigenvalue weighted by molar-refractivity contribution is 5.79. The van der Waals surface area contributed by atoms with E-state index in [1.165, 1.54) is 0 Å². The number of carbonyl (C=O) groups is 2. The van der Waals surface area contributed by atoms with E-state index in [0.717, 1.165) is 48.3 Å². The average Bonchev–Trinajstić information content (AvgIpc) is 2.96. The van der Waals surface area contributed by atoms with Gasteiger partial charge in [0.1, 0.15) is 17.1 Å². The molecule has 0 radical (unpaired) electrons. The first-order valence-corrected chi connectivity index (χ1v) is 11.3. The van der Waals surface area contributed by atoms with Gasteiger partial charge in [0.2, 0.25) is 11.8 Å². The molecule has 0 saturated heterocycles. The Hall–Kier alpha value is -3.02. The summed E-state index contributed by atoms with van der Waals surface area (Å²) in [4.78, 5) is 29.0. The Morgan fingerprint density at radius 1 is 1.16 bits per heavy atom. The van der Waals surface area contributed by atoms with E-state index in [9.17, 15) is 9.59 Å². The van der Waals surface area contributed by atoms with Gasteiger partial charge in [0.05, 0.1) is 20.1 Å². The van der Waals surface area contributed by atoms with Crippen molar-refractivity contribution in [2.45, 2.75) is 57.2 Å². The molecule has 2 aromatic carbocycles. The molecule has 0 bridgehead atoms. The van der Waals surface area contributed by atoms with Gasteiger partial charge in [0.25, 0.3) is 0 Å². The molecule has 1 spiro atoms. The number of hydrogen-bond donors (Lipinski definition) is 0. The fraction of sp³-hybridized carbons (Fsp3) is 0.462. The maximum Gasteiger partial charge on any atom is 0.227 e. The maximum absolute atomic E-state index is 13.4. The number of para-hydroxylation sites is 1. The minimum atomic E-state index is -0.426. The Bertz CT molecular complexity index is 981. The van der Waals surface area contributed by atoms with E-state index < -0.39 is 5.60 Å². The summed E-state index contributed by atoms with van der Waals surface area (Å²) in [7, 11) is 3.51. The van der Waals surface area contributed by atoms with Crippen LogP contribution in [0.4, 0.5) is 0 Å². The molecule has 0 N–H and O–H groups in total. The third-order valence-electron chi connectivity index (χ3n) is 6.89. The number of hydrogen-bond acceptors (Lipinski definition) is 4. The average molecular weight is 437 g/mol. The van der Waals surface area contributed by atoms with Gasteiger partial charge >= 0.3 is 0 Å². The summed E-state index contributed by atoms with van der Waals surface area (Å²) >= 11 is 0. The lowest BCUT2D eigenvalue weighted by atomic mass is 9.81. The van der Waals surface area contributed by atoms with Gasteiger partial charge in [0.15, 0.2) is 0 Å². The molecule has 0 atom stereocenters. The van der Waals surface area contributed by atoms with E-state index in [1.807, 2.05) is 65.4 Å². The molecule has 1 aliphatic heterocycles. The number of nitrogens with zero attached hydrogens (tertiary/aromatic N) is 2. The smallest absolute Gasteiger partial charge is 0.227 e. The summed E-state index contributed by atoms with van der Waals surface area (Å²) in [6, 6.07) is 15.9. The molecule has 6 nitrogen and oxygen atoms in total. The Labute approximate surface area is 190 Å². The van der Waals surface area contributed by atoms with E-state index in [0.29, 0.717) is 19.5 Å². The van der Waals surface area contributed by atoms with E-state index in [4.69, 9.17) is 9.47 Å². The van der Waals surface area contributed by atoms with E-state index in [1.54, 1.807) is 14.0 Å². The highest BCUT2D eigenvalue weighted by Crippen LogP contribution is 2.39. The molecule has 1 fully saturated rings. The van der Waals surface area contributed by atoms with Gasteiger partial charge in [-0.2, -0.15) is 0 Å². The van der Waals surface area contributed by atoms with Crippen LogP contribution >= 0.6 is 0 Å². The quantitative estimate of drug-likeness (QED) is 0.731. The second-order valence-corrected chi connectivity index (χ2v) is 9.03. The molecule has 2 aromatic rings. The van der Waals surface area contributed by atoms with Crippen molar-refractivity contribution in [2.24, 2.45) is 0 Å². The molecule has 1 saturated carbocycles. The summed E-state index contributed by atoms with van der Waals surface area (Å²) in [6.45, 7) is 2.71. The molecule has 1 aliphatic carbocycles. The second-order valence-electron chi connectivity index (χ2n) is 9.03. The lowest BCUT2D eigenvalue weighted by Gasteiger charge is -2.43. The summed E-state index contributed by atoms with van der Waals surface area (Å²) in [5, 5.41) is 0. The Balaban J connectivity index is 1.55. The first-order valence-electron chi connectivity index (χ1n) is 11.3. The third-order valence-corrected chi connectivity index (χ3v) is 6.89. The van der Waals surface area contributed by atoms with Gasteiger partial charge in [0, 0.05) is 32.1 Å². The SMILES string of the molecule is COc1cccc(CC(=O)N2Cc3ccccc3OC3(CCC(N(C)C(C)=O)CC3)C2)c1. The number of ether oxygens (including phenoxy) is 2. The van der Waals surface area contributed by atoms with Crippen molar-refractivity contribution in [1.82, 2.24) is 9.80 Å². The van der Waals surface area contributed by atoms with Crippen LogP contribution in [-0.4, -0.2) is 54.0 Å². The molecule has 0 aromatic heterocycles. The number of amides is 2. The largest absolute Gasteiger partial charge is 0.497 e. The lowest BCUT2D eigenvalue weighted by Crippen LogP contribution is -2.52. The third kappa shape index (κ3) is 4.74. The predicted molar refractivity (Wildman–Crippen MR) is 123 cm³/mol. The van der Waals surface area contributed by atoms with Gasteiger partial charge in [-0.1, -0.05) is 30.3 Å². The summed E-state index contributed by atoms with van der Waals surface area (Å²) in [6.07, 6.45) is 3.69. The van der Waals surface area contributed by atoms with Crippen molar-refractivity contribution in [3.63, 3.8) is 0 Å². The second kappa shape index (κ2) is 9.23. The molecule has 1 heterocycles. The highest BCUT2D eigenvalue weighted by Gasteiger charge is 2.43. The van der Waals surface area contributed by atoms with Gasteiger partial charge in [-0.05, 0) is 49.4 Å². The summed E-state index contributed by atoms with van der Waals surface area (Å²) < 4.78 is 11.9. The van der Waals surface area contributed by atoms with Crippen LogP contribution in [0.5, 0.6) is 11.5 Å². The first kappa shape index (κ1) is 22.2. The fourth-order valence-electron chi connectivity index (χ4n) is 4.89. The highest BCUT2D eigenvalue weighted by atomic mass is 16.5. The van der Waals surface area contributed by atoms with Crippen molar-refractivity contribution in [3.05, 3.63) is 59.7 Å². The maximum atomic E-state index is 13.4. The van der Waals surface area contributed by atoms with Crippen molar-refractivity contribution < 1.29 is 19.1 Å². The molecule has 2 aliphatic rings. The van der Waals surface area contributed by atoms with Crippen LogP contribution in [0.1, 0.15) is 43.7 Å².